The molecule has 0 radical (unpaired) electrons. The summed E-state index contributed by atoms with van der Waals surface area (Å²) in [6.07, 6.45) is 3.83. The lowest BCUT2D eigenvalue weighted by atomic mass is 10.0. The van der Waals surface area contributed by atoms with Gasteiger partial charge in [-0.3, -0.25) is 0 Å². The van der Waals surface area contributed by atoms with Crippen molar-refractivity contribution in [3.05, 3.63) is 0 Å². The number of hydrogen-bond donors (Lipinski definition) is 2. The van der Waals surface area contributed by atoms with E-state index in [1.54, 1.807) is 0 Å². The van der Waals surface area contributed by atoms with Gasteiger partial charge >= 0.3 is 0 Å². The molecule has 0 aromatic heterocycles. The van der Waals surface area contributed by atoms with Crippen molar-refractivity contribution in [3.63, 3.8) is 0 Å². The third kappa shape index (κ3) is 7.31. The van der Waals surface area contributed by atoms with Gasteiger partial charge in [0.2, 0.25) is 10.0 Å². The van der Waals surface area contributed by atoms with Gasteiger partial charge in [0.1, 0.15) is 0 Å². The van der Waals surface area contributed by atoms with Crippen molar-refractivity contribution in [1.82, 2.24) is 10.0 Å². The predicted molar refractivity (Wildman–Crippen MR) is 73.1 cm³/mol. The van der Waals surface area contributed by atoms with Crippen LogP contribution in [0.25, 0.3) is 0 Å². The van der Waals surface area contributed by atoms with E-state index in [1.165, 1.54) is 0 Å². The van der Waals surface area contributed by atoms with Crippen LogP contribution in [0.2, 0.25) is 0 Å². The Morgan fingerprint density at radius 3 is 2.83 bits per heavy atom. The summed E-state index contributed by atoms with van der Waals surface area (Å²) in [6, 6.07) is 0. The summed E-state index contributed by atoms with van der Waals surface area (Å²) in [7, 11) is -3.11. The van der Waals surface area contributed by atoms with E-state index in [0.29, 0.717) is 25.5 Å². The smallest absolute Gasteiger partial charge is 0.211 e. The molecule has 1 fully saturated rings. The molecule has 1 unspecified atom stereocenters. The second-order valence-electron chi connectivity index (χ2n) is 4.85. The molecule has 0 aromatic rings. The number of rotatable bonds is 9. The molecule has 2 N–H and O–H groups in total. The minimum Gasteiger partial charge on any atom is -0.381 e. The number of sulfonamides is 1. The minimum atomic E-state index is -3.11. The van der Waals surface area contributed by atoms with Crippen molar-refractivity contribution in [2.45, 2.75) is 32.6 Å². The first-order valence-corrected chi connectivity index (χ1v) is 8.55. The van der Waals surface area contributed by atoms with Crippen LogP contribution in [0, 0.1) is 5.92 Å². The average molecular weight is 278 g/mol. The quantitative estimate of drug-likeness (QED) is 0.610. The van der Waals surface area contributed by atoms with Gasteiger partial charge < -0.3 is 10.1 Å². The zero-order valence-corrected chi connectivity index (χ0v) is 12.1. The molecule has 1 atom stereocenters. The third-order valence-corrected chi connectivity index (χ3v) is 4.47. The van der Waals surface area contributed by atoms with Crippen LogP contribution in [-0.2, 0) is 14.8 Å². The number of ether oxygens (including phenoxy) is 1. The first-order chi connectivity index (χ1) is 8.64. The first-order valence-electron chi connectivity index (χ1n) is 6.90. The second-order valence-corrected chi connectivity index (χ2v) is 6.78. The van der Waals surface area contributed by atoms with Gasteiger partial charge in [0.25, 0.3) is 0 Å². The molecule has 5 nitrogen and oxygen atoms in total. The summed E-state index contributed by atoms with van der Waals surface area (Å²) in [5.74, 6) is 0.545. The summed E-state index contributed by atoms with van der Waals surface area (Å²) >= 11 is 0. The van der Waals surface area contributed by atoms with Crippen molar-refractivity contribution >= 4 is 10.0 Å². The van der Waals surface area contributed by atoms with Crippen molar-refractivity contribution in [3.8, 4) is 0 Å². The maximum Gasteiger partial charge on any atom is 0.211 e. The molecule has 0 aromatic carbocycles. The van der Waals surface area contributed by atoms with Gasteiger partial charge in [-0.1, -0.05) is 6.92 Å². The lowest BCUT2D eigenvalue weighted by molar-refractivity contribution is 0.0568. The highest BCUT2D eigenvalue weighted by atomic mass is 32.2. The fraction of sp³-hybridized carbons (Fsp3) is 1.00. The normalized spacial score (nSPS) is 21.1. The van der Waals surface area contributed by atoms with Crippen molar-refractivity contribution in [1.29, 1.82) is 0 Å². The topological polar surface area (TPSA) is 67.4 Å². The zero-order valence-electron chi connectivity index (χ0n) is 11.3. The second kappa shape index (κ2) is 8.85. The molecule has 1 saturated heterocycles. The fourth-order valence-electron chi connectivity index (χ4n) is 1.97. The van der Waals surface area contributed by atoms with Crippen molar-refractivity contribution in [2.24, 2.45) is 5.92 Å². The maximum absolute atomic E-state index is 11.7. The Kier molecular flexibility index (Phi) is 7.81. The van der Waals surface area contributed by atoms with E-state index in [2.05, 4.69) is 17.0 Å². The average Bonchev–Trinajstić information content (AvgIpc) is 2.38. The Balaban J connectivity index is 2.10. The van der Waals surface area contributed by atoms with Gasteiger partial charge in [-0.2, -0.15) is 0 Å². The van der Waals surface area contributed by atoms with Crippen LogP contribution in [0.4, 0.5) is 0 Å². The van der Waals surface area contributed by atoms with Crippen LogP contribution in [0.3, 0.4) is 0 Å². The highest BCUT2D eigenvalue weighted by Crippen LogP contribution is 2.12. The number of nitrogens with one attached hydrogen (secondary N) is 2. The van der Waals surface area contributed by atoms with Crippen molar-refractivity contribution < 1.29 is 13.2 Å². The molecule has 1 heterocycles. The Hall–Kier alpha value is -0.170. The van der Waals surface area contributed by atoms with Crippen LogP contribution in [-0.4, -0.2) is 47.0 Å². The van der Waals surface area contributed by atoms with Crippen LogP contribution in [0.5, 0.6) is 0 Å². The van der Waals surface area contributed by atoms with Crippen LogP contribution in [0.15, 0.2) is 0 Å². The van der Waals surface area contributed by atoms with Gasteiger partial charge in [-0.05, 0) is 44.7 Å². The Bertz CT molecular complexity index is 300. The fourth-order valence-corrected chi connectivity index (χ4v) is 3.13. The Labute approximate surface area is 111 Å². The van der Waals surface area contributed by atoms with E-state index in [1.807, 2.05) is 0 Å². The molecule has 18 heavy (non-hydrogen) atoms. The van der Waals surface area contributed by atoms with Gasteiger partial charge in [-0.15, -0.1) is 0 Å². The van der Waals surface area contributed by atoms with Gasteiger partial charge in [0, 0.05) is 13.2 Å². The van der Waals surface area contributed by atoms with Gasteiger partial charge in [0.05, 0.1) is 12.4 Å². The lowest BCUT2D eigenvalue weighted by Crippen LogP contribution is -2.35. The molecule has 0 spiro atoms. The van der Waals surface area contributed by atoms with Gasteiger partial charge in [0.15, 0.2) is 0 Å². The monoisotopic (exact) mass is 278 g/mol. The van der Waals surface area contributed by atoms with Crippen molar-refractivity contribution in [2.75, 3.05) is 38.6 Å². The van der Waals surface area contributed by atoms with E-state index >= 15 is 0 Å². The summed E-state index contributed by atoms with van der Waals surface area (Å²) < 4.78 is 31.5. The van der Waals surface area contributed by atoms with E-state index in [9.17, 15) is 8.42 Å². The highest BCUT2D eigenvalue weighted by Gasteiger charge is 2.17. The van der Waals surface area contributed by atoms with Gasteiger partial charge in [-0.25, -0.2) is 13.1 Å². The molecule has 1 aliphatic heterocycles. The van der Waals surface area contributed by atoms with E-state index in [-0.39, 0.29) is 5.75 Å². The summed E-state index contributed by atoms with van der Waals surface area (Å²) in [4.78, 5) is 0. The molecular weight excluding hydrogens is 252 g/mol. The Morgan fingerprint density at radius 2 is 2.17 bits per heavy atom. The van der Waals surface area contributed by atoms with Crippen LogP contribution >= 0.6 is 0 Å². The largest absolute Gasteiger partial charge is 0.381 e. The van der Waals surface area contributed by atoms with Crippen LogP contribution < -0.4 is 10.0 Å². The summed E-state index contributed by atoms with van der Waals surface area (Å²) in [5.41, 5.74) is 0. The standard InChI is InChI=1S/C12H26N2O3S/c1-2-6-13-7-4-9-18(15,16)14-10-12-5-3-8-17-11-12/h12-14H,2-11H2,1H3. The number of hydrogen-bond acceptors (Lipinski definition) is 4. The summed E-state index contributed by atoms with van der Waals surface area (Å²) in [6.45, 7) is 5.82. The van der Waals surface area contributed by atoms with E-state index in [4.69, 9.17) is 4.74 Å². The molecule has 0 bridgehead atoms. The highest BCUT2D eigenvalue weighted by molar-refractivity contribution is 7.89. The molecule has 0 amide bonds. The molecule has 6 heteroatoms. The Morgan fingerprint density at radius 1 is 1.33 bits per heavy atom. The van der Waals surface area contributed by atoms with E-state index < -0.39 is 10.0 Å². The third-order valence-electron chi connectivity index (χ3n) is 3.04. The lowest BCUT2D eigenvalue weighted by Gasteiger charge is -2.22. The predicted octanol–water partition coefficient (Wildman–Crippen LogP) is 0.722. The first kappa shape index (κ1) is 15.9. The maximum atomic E-state index is 11.7. The molecule has 108 valence electrons. The zero-order chi connectivity index (χ0) is 13.3. The molecule has 0 aliphatic carbocycles. The molecular formula is C12H26N2O3S. The molecule has 1 aliphatic rings. The molecule has 1 rings (SSSR count). The van der Waals surface area contributed by atoms with Crippen LogP contribution in [0.1, 0.15) is 32.6 Å². The van der Waals surface area contributed by atoms with E-state index in [0.717, 1.165) is 39.0 Å². The summed E-state index contributed by atoms with van der Waals surface area (Å²) in [5, 5.41) is 3.20. The SMILES string of the molecule is CCCNCCCS(=O)(=O)NCC1CCCOC1. The molecule has 0 saturated carbocycles. The minimum absolute atomic E-state index is 0.206.